The highest BCUT2D eigenvalue weighted by atomic mass is 32.2. The SMILES string of the molecule is CC(=O)NCC(=O)N1CCN(c2ccc(S(=O)(=O)N3CCC(Nc4ccc(C(F)(F)F)cn4)CC3)cc2)CC1. The Morgan fingerprint density at radius 3 is 2.15 bits per heavy atom. The number of rotatable bonds is 7. The summed E-state index contributed by atoms with van der Waals surface area (Å²) in [5, 5.41) is 5.60. The Balaban J connectivity index is 1.28. The Morgan fingerprint density at radius 1 is 0.974 bits per heavy atom. The lowest BCUT2D eigenvalue weighted by Gasteiger charge is -2.36. The zero-order chi connectivity index (χ0) is 28.2. The van der Waals surface area contributed by atoms with Crippen molar-refractivity contribution in [2.24, 2.45) is 0 Å². The molecule has 2 aliphatic heterocycles. The summed E-state index contributed by atoms with van der Waals surface area (Å²) in [5.41, 5.74) is 0.0332. The van der Waals surface area contributed by atoms with Crippen LogP contribution in [0.2, 0.25) is 0 Å². The Kier molecular flexibility index (Phi) is 8.64. The van der Waals surface area contributed by atoms with Crippen molar-refractivity contribution < 1.29 is 31.2 Å². The van der Waals surface area contributed by atoms with Crippen LogP contribution in [0.1, 0.15) is 25.3 Å². The third-order valence-corrected chi connectivity index (χ3v) is 8.77. The van der Waals surface area contributed by atoms with Gasteiger partial charge in [0.2, 0.25) is 21.8 Å². The fraction of sp³-hybridized carbons (Fsp3) is 0.480. The number of pyridine rings is 1. The Morgan fingerprint density at radius 2 is 1.62 bits per heavy atom. The average molecular weight is 569 g/mol. The van der Waals surface area contributed by atoms with E-state index in [9.17, 15) is 31.2 Å². The number of piperidine rings is 1. The van der Waals surface area contributed by atoms with E-state index >= 15 is 0 Å². The van der Waals surface area contributed by atoms with Gasteiger partial charge in [0, 0.05) is 64.1 Å². The molecule has 39 heavy (non-hydrogen) atoms. The van der Waals surface area contributed by atoms with Crippen molar-refractivity contribution in [1.82, 2.24) is 19.5 Å². The predicted molar refractivity (Wildman–Crippen MR) is 139 cm³/mol. The third kappa shape index (κ3) is 7.18. The van der Waals surface area contributed by atoms with Gasteiger partial charge in [-0.25, -0.2) is 13.4 Å². The molecule has 0 spiro atoms. The number of hydrogen-bond donors (Lipinski definition) is 2. The van der Waals surface area contributed by atoms with Gasteiger partial charge in [0.25, 0.3) is 0 Å². The number of nitrogens with zero attached hydrogens (tertiary/aromatic N) is 4. The molecular formula is C25H31F3N6O4S. The summed E-state index contributed by atoms with van der Waals surface area (Å²) >= 11 is 0. The van der Waals surface area contributed by atoms with Crippen molar-refractivity contribution in [2.75, 3.05) is 56.0 Å². The molecule has 14 heteroatoms. The molecule has 2 N–H and O–H groups in total. The van der Waals surface area contributed by atoms with Gasteiger partial charge >= 0.3 is 6.18 Å². The number of carbonyl (C=O) groups is 2. The quantitative estimate of drug-likeness (QED) is 0.526. The Hall–Kier alpha value is -3.39. The number of amides is 2. The fourth-order valence-electron chi connectivity index (χ4n) is 4.60. The summed E-state index contributed by atoms with van der Waals surface area (Å²) in [7, 11) is -3.70. The first-order valence-corrected chi connectivity index (χ1v) is 14.0. The lowest BCUT2D eigenvalue weighted by Crippen LogP contribution is -2.51. The molecule has 4 rings (SSSR count). The number of carbonyl (C=O) groups excluding carboxylic acids is 2. The number of halogens is 3. The molecule has 2 amide bonds. The molecule has 10 nitrogen and oxygen atoms in total. The second-order valence-corrected chi connectivity index (χ2v) is 11.5. The number of benzene rings is 1. The van der Waals surface area contributed by atoms with Crippen molar-refractivity contribution >= 4 is 33.3 Å². The first-order chi connectivity index (χ1) is 18.4. The topological polar surface area (TPSA) is 115 Å². The molecule has 2 fully saturated rings. The maximum Gasteiger partial charge on any atom is 0.417 e. The summed E-state index contributed by atoms with van der Waals surface area (Å²) in [6, 6.07) is 8.80. The lowest BCUT2D eigenvalue weighted by atomic mass is 10.1. The van der Waals surface area contributed by atoms with Gasteiger partial charge in [-0.3, -0.25) is 9.59 Å². The molecule has 2 aliphatic rings. The van der Waals surface area contributed by atoms with Crippen molar-refractivity contribution in [1.29, 1.82) is 0 Å². The van der Waals surface area contributed by atoms with Crippen LogP contribution < -0.4 is 15.5 Å². The van der Waals surface area contributed by atoms with Crippen LogP contribution in [0.15, 0.2) is 47.5 Å². The van der Waals surface area contributed by atoms with E-state index in [1.54, 1.807) is 29.2 Å². The number of anilines is 2. The van der Waals surface area contributed by atoms with Gasteiger partial charge in [-0.05, 0) is 49.2 Å². The molecule has 0 aliphatic carbocycles. The van der Waals surface area contributed by atoms with Crippen LogP contribution in [0.3, 0.4) is 0 Å². The standard InChI is InChI=1S/C25H31F3N6O4S/c1-18(35)29-17-24(36)33-14-12-32(13-15-33)21-3-5-22(6-4-21)39(37,38)34-10-8-20(9-11-34)31-23-7-2-19(16-30-23)25(26,27)28/h2-7,16,20H,8-15,17H2,1H3,(H,29,35)(H,30,31). The molecular weight excluding hydrogens is 537 g/mol. The van der Waals surface area contributed by atoms with Crippen LogP contribution in [-0.2, 0) is 25.8 Å². The molecule has 2 aromatic rings. The van der Waals surface area contributed by atoms with Crippen molar-refractivity contribution in [3.05, 3.63) is 48.2 Å². The van der Waals surface area contributed by atoms with E-state index in [4.69, 9.17) is 0 Å². The molecule has 0 atom stereocenters. The Bertz CT molecular complexity index is 1260. The number of piperazine rings is 1. The molecule has 0 bridgehead atoms. The molecule has 0 radical (unpaired) electrons. The summed E-state index contributed by atoms with van der Waals surface area (Å²) in [6.45, 7) is 4.07. The first-order valence-electron chi connectivity index (χ1n) is 12.6. The van der Waals surface area contributed by atoms with E-state index < -0.39 is 21.8 Å². The molecule has 212 valence electrons. The average Bonchev–Trinajstić information content (AvgIpc) is 2.92. The van der Waals surface area contributed by atoms with E-state index in [-0.39, 0.29) is 42.4 Å². The molecule has 0 unspecified atom stereocenters. The van der Waals surface area contributed by atoms with Crippen LogP contribution >= 0.6 is 0 Å². The summed E-state index contributed by atoms with van der Waals surface area (Å²) < 4.78 is 66.0. The number of hydrogen-bond acceptors (Lipinski definition) is 7. The van der Waals surface area contributed by atoms with Crippen LogP contribution in [0, 0.1) is 0 Å². The van der Waals surface area contributed by atoms with E-state index in [1.165, 1.54) is 17.3 Å². The van der Waals surface area contributed by atoms with Crippen LogP contribution in [0.4, 0.5) is 24.7 Å². The maximum atomic E-state index is 13.2. The first kappa shape index (κ1) is 28.6. The van der Waals surface area contributed by atoms with Gasteiger partial charge in [0.05, 0.1) is 17.0 Å². The zero-order valence-electron chi connectivity index (χ0n) is 21.4. The van der Waals surface area contributed by atoms with Crippen molar-refractivity contribution in [3.8, 4) is 0 Å². The van der Waals surface area contributed by atoms with E-state index in [1.807, 2.05) is 0 Å². The van der Waals surface area contributed by atoms with Crippen LogP contribution in [0.5, 0.6) is 0 Å². The smallest absolute Gasteiger partial charge is 0.368 e. The van der Waals surface area contributed by atoms with Gasteiger partial charge < -0.3 is 20.4 Å². The minimum absolute atomic E-state index is 0.0266. The van der Waals surface area contributed by atoms with Gasteiger partial charge in [0.1, 0.15) is 5.82 Å². The summed E-state index contributed by atoms with van der Waals surface area (Å²) in [5.74, 6) is -0.0766. The van der Waals surface area contributed by atoms with E-state index in [0.717, 1.165) is 18.0 Å². The van der Waals surface area contributed by atoms with Crippen molar-refractivity contribution in [2.45, 2.75) is 36.9 Å². The Labute approximate surface area is 225 Å². The minimum atomic E-state index is -4.45. The zero-order valence-corrected chi connectivity index (χ0v) is 22.3. The van der Waals surface area contributed by atoms with Gasteiger partial charge in [-0.15, -0.1) is 0 Å². The van der Waals surface area contributed by atoms with Gasteiger partial charge in [-0.1, -0.05) is 0 Å². The normalized spacial score (nSPS) is 17.6. The second kappa shape index (κ2) is 11.8. The molecule has 3 heterocycles. The summed E-state index contributed by atoms with van der Waals surface area (Å²) in [6.07, 6.45) is -2.69. The monoisotopic (exact) mass is 568 g/mol. The number of sulfonamides is 1. The van der Waals surface area contributed by atoms with Crippen molar-refractivity contribution in [3.63, 3.8) is 0 Å². The van der Waals surface area contributed by atoms with E-state index in [0.29, 0.717) is 44.8 Å². The largest absolute Gasteiger partial charge is 0.417 e. The third-order valence-electron chi connectivity index (χ3n) is 6.86. The highest BCUT2D eigenvalue weighted by molar-refractivity contribution is 7.89. The highest BCUT2D eigenvalue weighted by Gasteiger charge is 2.32. The lowest BCUT2D eigenvalue weighted by molar-refractivity contribution is -0.137. The van der Waals surface area contributed by atoms with E-state index in [2.05, 4.69) is 20.5 Å². The minimum Gasteiger partial charge on any atom is -0.368 e. The van der Waals surface area contributed by atoms with Gasteiger partial charge in [-0.2, -0.15) is 17.5 Å². The number of nitrogens with one attached hydrogen (secondary N) is 2. The van der Waals surface area contributed by atoms with Crippen LogP contribution in [0.25, 0.3) is 0 Å². The maximum absolute atomic E-state index is 13.2. The molecule has 0 saturated carbocycles. The predicted octanol–water partition coefficient (Wildman–Crippen LogP) is 2.15. The highest BCUT2D eigenvalue weighted by Crippen LogP contribution is 2.29. The molecule has 1 aromatic heterocycles. The molecule has 1 aromatic carbocycles. The number of aromatic nitrogens is 1. The number of alkyl halides is 3. The van der Waals surface area contributed by atoms with Gasteiger partial charge in [0.15, 0.2) is 0 Å². The summed E-state index contributed by atoms with van der Waals surface area (Å²) in [4.78, 5) is 31.0. The fourth-order valence-corrected chi connectivity index (χ4v) is 6.07. The molecule has 2 saturated heterocycles. The van der Waals surface area contributed by atoms with Crippen LogP contribution in [-0.4, -0.2) is 86.3 Å². The second-order valence-electron chi connectivity index (χ2n) is 9.52.